The Labute approximate surface area is 187 Å². The van der Waals surface area contributed by atoms with Crippen molar-refractivity contribution in [2.75, 3.05) is 0 Å². The molecule has 1 aromatic rings. The lowest BCUT2D eigenvalue weighted by Crippen LogP contribution is -2.25. The Balaban J connectivity index is 2.32. The molecular formula is C27H48OS. The lowest BCUT2D eigenvalue weighted by Gasteiger charge is -2.31. The summed E-state index contributed by atoms with van der Waals surface area (Å²) in [4.78, 5) is -0.842. The Morgan fingerprint density at radius 2 is 1.48 bits per heavy atom. The Kier molecular flexibility index (Phi) is 12.6. The van der Waals surface area contributed by atoms with Crippen LogP contribution in [-0.4, -0.2) is 10.0 Å². The van der Waals surface area contributed by atoms with Gasteiger partial charge in [0.15, 0.2) is 0 Å². The van der Waals surface area contributed by atoms with Gasteiger partial charge in [-0.15, -0.1) is 12.6 Å². The first kappa shape index (κ1) is 26.6. The van der Waals surface area contributed by atoms with Gasteiger partial charge in [-0.1, -0.05) is 103 Å². The summed E-state index contributed by atoms with van der Waals surface area (Å²) < 4.78 is 0. The average molecular weight is 421 g/mol. The molecule has 1 aromatic carbocycles. The van der Waals surface area contributed by atoms with Crippen molar-refractivity contribution in [2.24, 2.45) is 17.3 Å². The van der Waals surface area contributed by atoms with E-state index in [-0.39, 0.29) is 0 Å². The Bertz CT molecular complexity index is 517. The second kappa shape index (κ2) is 13.8. The Morgan fingerprint density at radius 3 is 2.07 bits per heavy atom. The third-order valence-corrected chi connectivity index (χ3v) is 6.77. The molecular weight excluding hydrogens is 372 g/mol. The minimum atomic E-state index is -0.842. The first-order valence-electron chi connectivity index (χ1n) is 12.1. The van der Waals surface area contributed by atoms with E-state index in [2.05, 4.69) is 77.6 Å². The highest BCUT2D eigenvalue weighted by Gasteiger charge is 2.26. The highest BCUT2D eigenvalue weighted by atomic mass is 32.1. The zero-order valence-electron chi connectivity index (χ0n) is 19.9. The van der Waals surface area contributed by atoms with E-state index >= 15 is 0 Å². The van der Waals surface area contributed by atoms with Gasteiger partial charge in [0.1, 0.15) is 4.93 Å². The molecule has 1 nitrogen and oxygen atoms in total. The van der Waals surface area contributed by atoms with Crippen molar-refractivity contribution in [2.45, 2.75) is 117 Å². The number of benzene rings is 1. The first-order chi connectivity index (χ1) is 13.6. The molecule has 1 rings (SSSR count). The van der Waals surface area contributed by atoms with E-state index in [0.717, 1.165) is 31.6 Å². The summed E-state index contributed by atoms with van der Waals surface area (Å²) in [7, 11) is 0. The fraction of sp³-hybridized carbons (Fsp3) is 0.778. The fourth-order valence-electron chi connectivity index (χ4n) is 4.55. The molecule has 0 aliphatic rings. The second-order valence-electron chi connectivity index (χ2n) is 10.5. The normalized spacial score (nSPS) is 16.4. The van der Waals surface area contributed by atoms with Crippen LogP contribution in [0.5, 0.6) is 0 Å². The Hall–Kier alpha value is -0.470. The monoisotopic (exact) mass is 420 g/mol. The van der Waals surface area contributed by atoms with Crippen molar-refractivity contribution < 1.29 is 5.11 Å². The van der Waals surface area contributed by atoms with Crippen LogP contribution < -0.4 is 0 Å². The van der Waals surface area contributed by atoms with Gasteiger partial charge in [-0.3, -0.25) is 0 Å². The highest BCUT2D eigenvalue weighted by Crippen LogP contribution is 2.36. The lowest BCUT2D eigenvalue weighted by molar-refractivity contribution is 0.0977. The zero-order valence-corrected chi connectivity index (χ0v) is 20.8. The maximum atomic E-state index is 10.8. The lowest BCUT2D eigenvalue weighted by atomic mass is 9.75. The van der Waals surface area contributed by atoms with Gasteiger partial charge in [0, 0.05) is 0 Å². The number of thiol groups is 1. The zero-order chi connectivity index (χ0) is 21.8. The molecule has 0 bridgehead atoms. The molecule has 0 heterocycles. The fourth-order valence-corrected chi connectivity index (χ4v) is 5.02. The predicted octanol–water partition coefficient (Wildman–Crippen LogP) is 8.46. The molecule has 0 aliphatic carbocycles. The molecule has 0 aliphatic heterocycles. The Morgan fingerprint density at radius 1 is 0.897 bits per heavy atom. The second-order valence-corrected chi connectivity index (χ2v) is 11.3. The van der Waals surface area contributed by atoms with Gasteiger partial charge in [0.2, 0.25) is 0 Å². The predicted molar refractivity (Wildman–Crippen MR) is 133 cm³/mol. The van der Waals surface area contributed by atoms with Crippen molar-refractivity contribution >= 4 is 12.6 Å². The molecule has 0 radical (unpaired) electrons. The third kappa shape index (κ3) is 12.7. The molecule has 29 heavy (non-hydrogen) atoms. The van der Waals surface area contributed by atoms with Gasteiger partial charge < -0.3 is 5.11 Å². The van der Waals surface area contributed by atoms with Gasteiger partial charge >= 0.3 is 0 Å². The molecule has 0 spiro atoms. The van der Waals surface area contributed by atoms with Crippen molar-refractivity contribution in [3.63, 3.8) is 0 Å². The van der Waals surface area contributed by atoms with Crippen molar-refractivity contribution in [3.8, 4) is 0 Å². The van der Waals surface area contributed by atoms with Gasteiger partial charge in [0.25, 0.3) is 0 Å². The molecule has 0 amide bonds. The summed E-state index contributed by atoms with van der Waals surface area (Å²) in [5.74, 6) is 1.22. The summed E-state index contributed by atoms with van der Waals surface area (Å²) in [5.41, 5.74) is 1.72. The number of hydrogen-bond acceptors (Lipinski definition) is 2. The summed E-state index contributed by atoms with van der Waals surface area (Å²) in [6.07, 6.45) is 14.3. The number of unbranched alkanes of at least 4 members (excludes halogenated alkanes) is 5. The maximum Gasteiger partial charge on any atom is 0.107 e. The quantitative estimate of drug-likeness (QED) is 0.166. The average Bonchev–Trinajstić information content (AvgIpc) is 2.62. The molecule has 168 valence electrons. The van der Waals surface area contributed by atoms with E-state index in [1.54, 1.807) is 0 Å². The summed E-state index contributed by atoms with van der Waals surface area (Å²) in [6.45, 7) is 11.7. The van der Waals surface area contributed by atoms with Crippen molar-refractivity contribution in [1.82, 2.24) is 0 Å². The van der Waals surface area contributed by atoms with Crippen LogP contribution in [0, 0.1) is 17.3 Å². The van der Waals surface area contributed by atoms with Crippen molar-refractivity contribution in [1.29, 1.82) is 0 Å². The van der Waals surface area contributed by atoms with Crippen LogP contribution in [-0.2, 0) is 6.42 Å². The number of hydrogen-bond donors (Lipinski definition) is 2. The number of aliphatic hydroxyl groups is 1. The van der Waals surface area contributed by atoms with Gasteiger partial charge in [-0.05, 0) is 61.3 Å². The van der Waals surface area contributed by atoms with Gasteiger partial charge in [0.05, 0.1) is 0 Å². The standard InChI is InChI=1S/C27H48OS/c1-6-7-8-9-13-18-25(26(3,4)5)19-14-15-20-27(28,29)22-23(2)21-24-16-11-10-12-17-24/h10-12,16-17,23,25,28-29H,6-9,13-15,18-22H2,1-5H3. The van der Waals surface area contributed by atoms with Gasteiger partial charge in [-0.25, -0.2) is 0 Å². The van der Waals surface area contributed by atoms with Crippen LogP contribution in [0.3, 0.4) is 0 Å². The summed E-state index contributed by atoms with van der Waals surface area (Å²) in [6, 6.07) is 10.6. The molecule has 2 heteroatoms. The van der Waals surface area contributed by atoms with Crippen LogP contribution in [0.1, 0.15) is 111 Å². The van der Waals surface area contributed by atoms with Gasteiger partial charge in [-0.2, -0.15) is 0 Å². The first-order valence-corrected chi connectivity index (χ1v) is 12.6. The van der Waals surface area contributed by atoms with E-state index in [1.807, 2.05) is 0 Å². The van der Waals surface area contributed by atoms with E-state index in [0.29, 0.717) is 11.3 Å². The molecule has 3 unspecified atom stereocenters. The van der Waals surface area contributed by atoms with E-state index in [9.17, 15) is 5.11 Å². The molecule has 3 atom stereocenters. The molecule has 0 saturated carbocycles. The number of rotatable bonds is 15. The molecule has 0 aromatic heterocycles. The highest BCUT2D eigenvalue weighted by molar-refractivity contribution is 7.81. The summed E-state index contributed by atoms with van der Waals surface area (Å²) in [5, 5.41) is 10.8. The van der Waals surface area contributed by atoms with E-state index in [1.165, 1.54) is 56.9 Å². The van der Waals surface area contributed by atoms with Crippen LogP contribution in [0.4, 0.5) is 0 Å². The molecule has 0 saturated heterocycles. The third-order valence-electron chi connectivity index (χ3n) is 6.36. The van der Waals surface area contributed by atoms with Crippen LogP contribution in [0.2, 0.25) is 0 Å². The summed E-state index contributed by atoms with van der Waals surface area (Å²) >= 11 is 4.62. The minimum Gasteiger partial charge on any atom is -0.380 e. The largest absolute Gasteiger partial charge is 0.380 e. The SMILES string of the molecule is CCCCCCCC(CCCCC(O)(S)CC(C)Cc1ccccc1)C(C)(C)C. The molecule has 0 fully saturated rings. The minimum absolute atomic E-state index is 0.381. The van der Waals surface area contributed by atoms with Crippen LogP contribution >= 0.6 is 12.6 Å². The smallest absolute Gasteiger partial charge is 0.107 e. The topological polar surface area (TPSA) is 20.2 Å². The molecule has 1 N–H and O–H groups in total. The van der Waals surface area contributed by atoms with Crippen molar-refractivity contribution in [3.05, 3.63) is 35.9 Å². The van der Waals surface area contributed by atoms with Crippen LogP contribution in [0.15, 0.2) is 30.3 Å². The van der Waals surface area contributed by atoms with E-state index < -0.39 is 4.93 Å². The maximum absolute atomic E-state index is 10.8. The van der Waals surface area contributed by atoms with Crippen LogP contribution in [0.25, 0.3) is 0 Å². The van der Waals surface area contributed by atoms with E-state index in [4.69, 9.17) is 0 Å².